The van der Waals surface area contributed by atoms with Gasteiger partial charge in [-0.3, -0.25) is 4.79 Å². The van der Waals surface area contributed by atoms with Crippen molar-refractivity contribution in [3.05, 3.63) is 29.8 Å². The summed E-state index contributed by atoms with van der Waals surface area (Å²) < 4.78 is 1.24. The van der Waals surface area contributed by atoms with Crippen LogP contribution in [0.3, 0.4) is 0 Å². The van der Waals surface area contributed by atoms with Gasteiger partial charge in [-0.05, 0) is 6.42 Å². The number of benzene rings is 1. The molecule has 0 unspecified atom stereocenters. The predicted octanol–water partition coefficient (Wildman–Crippen LogP) is 0.192. The van der Waals surface area contributed by atoms with Crippen LogP contribution in [0.2, 0.25) is 0 Å². The molecule has 1 rings (SSSR count). The Morgan fingerprint density at radius 2 is 1.50 bits per heavy atom. The average Bonchev–Trinajstić information content (AvgIpc) is 2.67. The zero-order valence-electron chi connectivity index (χ0n) is 16.3. The molecule has 0 aliphatic carbocycles. The number of nitrogens with one attached hydrogen (secondary N) is 3. The third kappa shape index (κ3) is 10.5. The van der Waals surface area contributed by atoms with E-state index in [1.54, 1.807) is 24.7 Å². The number of aliphatic carboxylic acids is 3. The maximum Gasteiger partial charge on any atom is 0.326 e. The zero-order chi connectivity index (χ0) is 22.5. The van der Waals surface area contributed by atoms with Gasteiger partial charge in [0.05, 0.1) is 0 Å². The molecule has 166 valence electrons. The van der Waals surface area contributed by atoms with Gasteiger partial charge in [-0.15, -0.1) is 0 Å². The number of carboxylic acid groups (broad SMARTS) is 3. The SMILES string of the molecule is O=C(O)CC[C@H](NC(=O)N[C@@H](CCCCNCc1ccccc1[At])C(=O)O)C(=O)O. The fraction of sp³-hybridized carbons (Fsp3) is 0.474. The number of hydrogen-bond donors (Lipinski definition) is 6. The minimum Gasteiger partial charge on any atom is -0.480 e. The van der Waals surface area contributed by atoms with Crippen LogP contribution in [0.5, 0.6) is 0 Å². The molecule has 0 saturated heterocycles. The van der Waals surface area contributed by atoms with E-state index in [1.165, 1.54) is 8.83 Å². The normalized spacial score (nSPS) is 12.6. The van der Waals surface area contributed by atoms with E-state index < -0.39 is 42.4 Å². The van der Waals surface area contributed by atoms with Crippen molar-refractivity contribution >= 4 is 27.2 Å². The Bertz CT molecular complexity index is 745. The van der Waals surface area contributed by atoms with Crippen molar-refractivity contribution in [3.63, 3.8) is 0 Å². The number of carbonyl (C=O) groups excluding carboxylic acids is 1. The average molecular weight is 618 g/mol. The van der Waals surface area contributed by atoms with Gasteiger partial charge in [-0.25, -0.2) is 4.79 Å². The second kappa shape index (κ2) is 13.9. The van der Waals surface area contributed by atoms with E-state index in [4.69, 9.17) is 10.2 Å². The molecule has 0 heterocycles. The number of rotatable bonds is 14. The standard InChI is InChI=1S/C19H26AtN3O7/c20-13-6-2-1-5-12(13)11-21-10-4-3-7-14(17(26)27)22-19(30)23-15(18(28)29)8-9-16(24)25/h1-2,5-6,14-15,21H,3-4,7-11H2,(H,24,25)(H,26,27)(H,28,29)(H2,22,23,30)/t14-,15-/m0/s1. The van der Waals surface area contributed by atoms with Gasteiger partial charge in [0.2, 0.25) is 0 Å². The summed E-state index contributed by atoms with van der Waals surface area (Å²) in [5.74, 6) is -3.81. The summed E-state index contributed by atoms with van der Waals surface area (Å²) in [6.07, 6.45) is 0.701. The topological polar surface area (TPSA) is 165 Å². The van der Waals surface area contributed by atoms with Gasteiger partial charge in [0.15, 0.2) is 0 Å². The van der Waals surface area contributed by atoms with Crippen LogP contribution in [-0.2, 0) is 20.9 Å². The molecule has 0 aliphatic rings. The maximum atomic E-state index is 11.9. The molecule has 0 aliphatic heterocycles. The number of hydrogen-bond acceptors (Lipinski definition) is 5. The van der Waals surface area contributed by atoms with Crippen molar-refractivity contribution in [2.75, 3.05) is 6.54 Å². The molecule has 0 spiro atoms. The minimum absolute atomic E-state index is 0.185. The number of carbonyl (C=O) groups is 4. The molecule has 0 bridgehead atoms. The smallest absolute Gasteiger partial charge is 0.326 e. The number of carboxylic acids is 3. The molecule has 0 fully saturated rings. The van der Waals surface area contributed by atoms with E-state index >= 15 is 0 Å². The molecule has 2 amide bonds. The van der Waals surface area contributed by atoms with E-state index in [2.05, 4.69) is 22.0 Å². The molecule has 0 saturated carbocycles. The molecular weight excluding hydrogens is 592 g/mol. The second-order valence-corrected chi connectivity index (χ2v) is 8.18. The fourth-order valence-corrected chi connectivity index (χ4v) is 3.39. The quantitative estimate of drug-likeness (QED) is 0.161. The van der Waals surface area contributed by atoms with Crippen LogP contribution < -0.4 is 19.2 Å². The van der Waals surface area contributed by atoms with Crippen molar-refractivity contribution in [3.8, 4) is 0 Å². The summed E-state index contributed by atoms with van der Waals surface area (Å²) in [6.45, 7) is 1.41. The summed E-state index contributed by atoms with van der Waals surface area (Å²) in [6, 6.07) is 4.52. The first-order valence-corrected chi connectivity index (χ1v) is 10.9. The van der Waals surface area contributed by atoms with Crippen molar-refractivity contribution in [1.82, 2.24) is 16.0 Å². The van der Waals surface area contributed by atoms with Gasteiger partial charge in [0, 0.05) is 6.42 Å². The van der Waals surface area contributed by atoms with Crippen LogP contribution in [-0.4, -0.2) is 57.9 Å². The molecule has 6 N–H and O–H groups in total. The van der Waals surface area contributed by atoms with E-state index in [0.29, 0.717) is 19.4 Å². The van der Waals surface area contributed by atoms with Gasteiger partial charge in [0.1, 0.15) is 6.04 Å². The van der Waals surface area contributed by atoms with Crippen molar-refractivity contribution < 1.29 is 59.2 Å². The number of unbranched alkanes of at least 4 members (excludes halogenated alkanes) is 1. The monoisotopic (exact) mass is 618 g/mol. The minimum atomic E-state index is -1.41. The van der Waals surface area contributed by atoms with Crippen LogP contribution in [0.15, 0.2) is 24.3 Å². The molecule has 11 heteroatoms. The Morgan fingerprint density at radius 1 is 0.900 bits per heavy atom. The van der Waals surface area contributed by atoms with Gasteiger partial charge >= 0.3 is 151 Å². The summed E-state index contributed by atoms with van der Waals surface area (Å²) in [4.78, 5) is 45.0. The molecule has 0 radical (unpaired) electrons. The Labute approximate surface area is 189 Å². The van der Waals surface area contributed by atoms with E-state index in [1.807, 2.05) is 18.2 Å². The van der Waals surface area contributed by atoms with Gasteiger partial charge < -0.3 is 10.2 Å². The Balaban J connectivity index is 2.36. The zero-order valence-corrected chi connectivity index (χ0v) is 19.2. The van der Waals surface area contributed by atoms with Crippen LogP contribution >= 0.6 is 0 Å². The fourth-order valence-electron chi connectivity index (χ4n) is 2.60. The Morgan fingerprint density at radius 3 is 2.07 bits per heavy atom. The van der Waals surface area contributed by atoms with Gasteiger partial charge in [0.25, 0.3) is 0 Å². The predicted molar refractivity (Wildman–Crippen MR) is 103 cm³/mol. The molecule has 1 aromatic rings. The third-order valence-electron chi connectivity index (χ3n) is 4.22. The molecular formula is C19H26AtN3O7. The van der Waals surface area contributed by atoms with Gasteiger partial charge in [-0.2, -0.15) is 0 Å². The first kappa shape index (κ1) is 25.8. The molecule has 1 aromatic carbocycles. The van der Waals surface area contributed by atoms with E-state index in [-0.39, 0.29) is 12.8 Å². The first-order valence-electron chi connectivity index (χ1n) is 9.39. The second-order valence-electron chi connectivity index (χ2n) is 6.60. The van der Waals surface area contributed by atoms with Crippen molar-refractivity contribution in [2.24, 2.45) is 0 Å². The Hall–Kier alpha value is -2.26. The summed E-state index contributed by atoms with van der Waals surface area (Å²) in [5.41, 5.74) is 1.21. The summed E-state index contributed by atoms with van der Waals surface area (Å²) in [5, 5.41) is 34.6. The van der Waals surface area contributed by atoms with Crippen LogP contribution in [0, 0.1) is 24.7 Å². The Kier molecular flexibility index (Phi) is 11.9. The third-order valence-corrected chi connectivity index (χ3v) is 5.66. The first-order chi connectivity index (χ1) is 14.2. The summed E-state index contributed by atoms with van der Waals surface area (Å²) in [7, 11) is 0. The van der Waals surface area contributed by atoms with E-state index in [9.17, 15) is 24.3 Å². The van der Waals surface area contributed by atoms with Crippen LogP contribution in [0.25, 0.3) is 0 Å². The van der Waals surface area contributed by atoms with Crippen molar-refractivity contribution in [2.45, 2.75) is 50.7 Å². The number of urea groups is 1. The molecule has 30 heavy (non-hydrogen) atoms. The molecule has 0 aromatic heterocycles. The molecule has 2 atom stereocenters. The number of amides is 2. The maximum absolute atomic E-state index is 11.9. The van der Waals surface area contributed by atoms with Gasteiger partial charge in [-0.1, -0.05) is 0 Å². The van der Waals surface area contributed by atoms with Crippen molar-refractivity contribution in [1.29, 1.82) is 0 Å². The molecule has 10 nitrogen and oxygen atoms in total. The van der Waals surface area contributed by atoms with E-state index in [0.717, 1.165) is 6.54 Å². The van der Waals surface area contributed by atoms with Crippen LogP contribution in [0.4, 0.5) is 4.79 Å². The summed E-state index contributed by atoms with van der Waals surface area (Å²) >= 11 is 1.60. The largest absolute Gasteiger partial charge is 0.480 e. The van der Waals surface area contributed by atoms with Crippen LogP contribution in [0.1, 0.15) is 37.7 Å².